The molecule has 0 aliphatic carbocycles. The van der Waals surface area contributed by atoms with Gasteiger partial charge in [-0.1, -0.05) is 69.3 Å². The molecule has 0 radical (unpaired) electrons. The molecule has 0 fully saturated rings. The lowest BCUT2D eigenvalue weighted by molar-refractivity contribution is 0.434. The van der Waals surface area contributed by atoms with Crippen molar-refractivity contribution < 1.29 is 0 Å². The van der Waals surface area contributed by atoms with E-state index in [-0.39, 0.29) is 5.41 Å². The molecule has 2 aromatic carbocycles. The third kappa shape index (κ3) is 4.36. The van der Waals surface area contributed by atoms with E-state index in [0.29, 0.717) is 0 Å². The molecule has 0 atom stereocenters. The van der Waals surface area contributed by atoms with Gasteiger partial charge < -0.3 is 0 Å². The van der Waals surface area contributed by atoms with Gasteiger partial charge in [-0.05, 0) is 29.5 Å². The van der Waals surface area contributed by atoms with Crippen molar-refractivity contribution in [2.75, 3.05) is 0 Å². The van der Waals surface area contributed by atoms with Crippen molar-refractivity contribution in [2.45, 2.75) is 27.2 Å². The molecule has 0 spiro atoms. The summed E-state index contributed by atoms with van der Waals surface area (Å²) < 4.78 is 0. The first-order chi connectivity index (χ1) is 9.04. The highest BCUT2D eigenvalue weighted by Crippen LogP contribution is 2.24. The molecule has 2 aromatic rings. The van der Waals surface area contributed by atoms with Gasteiger partial charge in [0, 0.05) is 5.71 Å². The Morgan fingerprint density at radius 2 is 1.37 bits per heavy atom. The molecule has 19 heavy (non-hydrogen) atoms. The maximum Gasteiger partial charge on any atom is 0.0633 e. The summed E-state index contributed by atoms with van der Waals surface area (Å²) in [6, 6.07) is 20.6. The first kappa shape index (κ1) is 13.5. The molecule has 0 aromatic heterocycles. The van der Waals surface area contributed by atoms with Crippen molar-refractivity contribution in [3.63, 3.8) is 0 Å². The number of rotatable bonds is 3. The summed E-state index contributed by atoms with van der Waals surface area (Å²) in [7, 11) is 0. The predicted octanol–water partition coefficient (Wildman–Crippen LogP) is 5.24. The molecule has 0 heterocycles. The summed E-state index contributed by atoms with van der Waals surface area (Å²) in [6.45, 7) is 6.74. The van der Waals surface area contributed by atoms with Crippen LogP contribution in [0.1, 0.15) is 32.8 Å². The van der Waals surface area contributed by atoms with E-state index in [4.69, 9.17) is 4.99 Å². The van der Waals surface area contributed by atoms with Crippen LogP contribution in [0, 0.1) is 5.41 Å². The zero-order chi connectivity index (χ0) is 13.7. The molecule has 98 valence electrons. The fourth-order valence-electron chi connectivity index (χ4n) is 2.00. The van der Waals surface area contributed by atoms with Gasteiger partial charge in [-0.2, -0.15) is 0 Å². The summed E-state index contributed by atoms with van der Waals surface area (Å²) in [6.07, 6.45) is 0.964. The van der Waals surface area contributed by atoms with Crippen LogP contribution in [-0.4, -0.2) is 5.71 Å². The van der Waals surface area contributed by atoms with Crippen LogP contribution in [0.25, 0.3) is 0 Å². The number of nitrogens with zero attached hydrogens (tertiary/aromatic N) is 1. The number of aliphatic imine (C=N–C) groups is 1. The molecule has 0 aliphatic rings. The number of hydrogen-bond donors (Lipinski definition) is 0. The molecule has 1 heteroatoms. The second kappa shape index (κ2) is 5.83. The molecule has 0 saturated heterocycles. The fourth-order valence-corrected chi connectivity index (χ4v) is 2.00. The van der Waals surface area contributed by atoms with Crippen LogP contribution in [-0.2, 0) is 0 Å². The van der Waals surface area contributed by atoms with Crippen LogP contribution in [0.2, 0.25) is 0 Å². The topological polar surface area (TPSA) is 12.4 Å². The van der Waals surface area contributed by atoms with Gasteiger partial charge in [0.05, 0.1) is 5.69 Å². The Bertz CT molecular complexity index is 533. The first-order valence-electron chi connectivity index (χ1n) is 6.73. The minimum atomic E-state index is 0.226. The van der Waals surface area contributed by atoms with Crippen LogP contribution in [0.5, 0.6) is 0 Å². The summed E-state index contributed by atoms with van der Waals surface area (Å²) in [5, 5.41) is 0. The lowest BCUT2D eigenvalue weighted by atomic mass is 9.87. The predicted molar refractivity (Wildman–Crippen MR) is 83.2 cm³/mol. The molecule has 0 saturated carbocycles. The lowest BCUT2D eigenvalue weighted by Crippen LogP contribution is -2.13. The Morgan fingerprint density at radius 3 is 1.89 bits per heavy atom. The number of hydrogen-bond acceptors (Lipinski definition) is 1. The summed E-state index contributed by atoms with van der Waals surface area (Å²) in [5.74, 6) is 0. The van der Waals surface area contributed by atoms with E-state index < -0.39 is 0 Å². The lowest BCUT2D eigenvalue weighted by Gasteiger charge is -2.20. The van der Waals surface area contributed by atoms with Crippen molar-refractivity contribution in [3.05, 3.63) is 66.2 Å². The number of benzene rings is 2. The first-order valence-corrected chi connectivity index (χ1v) is 6.73. The quantitative estimate of drug-likeness (QED) is 0.661. The Hall–Kier alpha value is -1.89. The average Bonchev–Trinajstić information content (AvgIpc) is 2.39. The van der Waals surface area contributed by atoms with E-state index >= 15 is 0 Å². The van der Waals surface area contributed by atoms with Crippen LogP contribution in [0.4, 0.5) is 5.69 Å². The largest absolute Gasteiger partial charge is 0.253 e. The van der Waals surface area contributed by atoms with E-state index in [0.717, 1.165) is 17.8 Å². The minimum absolute atomic E-state index is 0.226. The molecule has 0 unspecified atom stereocenters. The smallest absolute Gasteiger partial charge is 0.0633 e. The van der Waals surface area contributed by atoms with Crippen LogP contribution >= 0.6 is 0 Å². The maximum absolute atomic E-state index is 4.83. The summed E-state index contributed by atoms with van der Waals surface area (Å²) >= 11 is 0. The van der Waals surface area contributed by atoms with Crippen molar-refractivity contribution in [2.24, 2.45) is 10.4 Å². The van der Waals surface area contributed by atoms with E-state index in [1.54, 1.807) is 0 Å². The molecule has 0 amide bonds. The average molecular weight is 251 g/mol. The normalized spacial score (nSPS) is 12.5. The van der Waals surface area contributed by atoms with Crippen LogP contribution in [0.15, 0.2) is 65.7 Å². The highest BCUT2D eigenvalue weighted by molar-refractivity contribution is 6.02. The third-order valence-corrected chi connectivity index (χ3v) is 2.83. The SMILES string of the molecule is CC(C)(C)CC(=Nc1ccccc1)c1ccccc1. The van der Waals surface area contributed by atoms with E-state index in [1.165, 1.54) is 5.56 Å². The van der Waals surface area contributed by atoms with Crippen molar-refractivity contribution in [1.29, 1.82) is 0 Å². The van der Waals surface area contributed by atoms with Gasteiger partial charge in [0.15, 0.2) is 0 Å². The van der Waals surface area contributed by atoms with E-state index in [1.807, 2.05) is 36.4 Å². The zero-order valence-electron chi connectivity index (χ0n) is 11.9. The molecule has 2 rings (SSSR count). The van der Waals surface area contributed by atoms with Crippen molar-refractivity contribution >= 4 is 11.4 Å². The monoisotopic (exact) mass is 251 g/mol. The highest BCUT2D eigenvalue weighted by Gasteiger charge is 2.15. The summed E-state index contributed by atoms with van der Waals surface area (Å²) in [5.41, 5.74) is 3.61. The molecule has 0 bridgehead atoms. The van der Waals surface area contributed by atoms with Crippen LogP contribution < -0.4 is 0 Å². The van der Waals surface area contributed by atoms with Crippen LogP contribution in [0.3, 0.4) is 0 Å². The molecule has 0 N–H and O–H groups in total. The Morgan fingerprint density at radius 1 is 0.842 bits per heavy atom. The molecule has 0 aliphatic heterocycles. The molecular formula is C18H21N. The Labute approximate surface area is 116 Å². The van der Waals surface area contributed by atoms with Crippen molar-refractivity contribution in [3.8, 4) is 0 Å². The van der Waals surface area contributed by atoms with Gasteiger partial charge in [0.1, 0.15) is 0 Å². The van der Waals surface area contributed by atoms with Gasteiger partial charge in [-0.15, -0.1) is 0 Å². The maximum atomic E-state index is 4.83. The van der Waals surface area contributed by atoms with Gasteiger partial charge in [0.25, 0.3) is 0 Å². The second-order valence-corrected chi connectivity index (χ2v) is 6.00. The minimum Gasteiger partial charge on any atom is -0.253 e. The Kier molecular flexibility index (Phi) is 4.16. The number of para-hydroxylation sites is 1. The van der Waals surface area contributed by atoms with Gasteiger partial charge in [-0.25, -0.2) is 0 Å². The molecular weight excluding hydrogens is 230 g/mol. The summed E-state index contributed by atoms with van der Waals surface area (Å²) in [4.78, 5) is 4.83. The van der Waals surface area contributed by atoms with Gasteiger partial charge in [-0.3, -0.25) is 4.99 Å². The van der Waals surface area contributed by atoms with Gasteiger partial charge in [0.2, 0.25) is 0 Å². The Balaban J connectivity index is 2.38. The fraction of sp³-hybridized carbons (Fsp3) is 0.278. The van der Waals surface area contributed by atoms with E-state index in [9.17, 15) is 0 Å². The van der Waals surface area contributed by atoms with E-state index in [2.05, 4.69) is 45.0 Å². The van der Waals surface area contributed by atoms with Gasteiger partial charge >= 0.3 is 0 Å². The highest BCUT2D eigenvalue weighted by atomic mass is 14.7. The standard InChI is InChI=1S/C18H21N/c1-18(2,3)14-17(15-10-6-4-7-11-15)19-16-12-8-5-9-13-16/h4-13H,14H2,1-3H3. The third-order valence-electron chi connectivity index (χ3n) is 2.83. The molecule has 1 nitrogen and oxygen atoms in total. The zero-order valence-corrected chi connectivity index (χ0v) is 11.9. The van der Waals surface area contributed by atoms with Crippen molar-refractivity contribution in [1.82, 2.24) is 0 Å². The second-order valence-electron chi connectivity index (χ2n) is 6.00.